The first-order chi connectivity index (χ1) is 13.4. The van der Waals surface area contributed by atoms with Crippen LogP contribution in [0.1, 0.15) is 24.0 Å². The van der Waals surface area contributed by atoms with Gasteiger partial charge in [0.05, 0.1) is 0 Å². The molecule has 6 nitrogen and oxygen atoms in total. The fourth-order valence-electron chi connectivity index (χ4n) is 3.39. The zero-order chi connectivity index (χ0) is 20.1. The number of carbonyl (C=O) groups excluding carboxylic acids is 1. The maximum atomic E-state index is 12.8. The number of carbonyl (C=O) groups is 1. The van der Waals surface area contributed by atoms with Gasteiger partial charge < -0.3 is 10.0 Å². The second kappa shape index (κ2) is 8.75. The first-order valence-corrected chi connectivity index (χ1v) is 10.9. The summed E-state index contributed by atoms with van der Waals surface area (Å²) in [5.74, 6) is -0.184. The fourth-order valence-corrected chi connectivity index (χ4v) is 4.98. The van der Waals surface area contributed by atoms with Gasteiger partial charge in [-0.15, -0.1) is 0 Å². The molecule has 0 unspecified atom stereocenters. The Morgan fingerprint density at radius 1 is 1.04 bits per heavy atom. The molecule has 1 fully saturated rings. The Labute approximate surface area is 166 Å². The molecule has 2 aromatic carbocycles. The van der Waals surface area contributed by atoms with Crippen LogP contribution in [0, 0.1) is 6.92 Å². The molecule has 0 radical (unpaired) electrons. The lowest BCUT2D eigenvalue weighted by Gasteiger charge is -2.34. The SMILES string of the molecule is Cc1ccc(O)c(S(=O)(=O)N2CCN(C(=O)CCCc3ccccc3)CC2)c1. The van der Waals surface area contributed by atoms with Crippen molar-refractivity contribution in [2.75, 3.05) is 26.2 Å². The maximum absolute atomic E-state index is 12.8. The van der Waals surface area contributed by atoms with E-state index in [2.05, 4.69) is 12.1 Å². The number of benzene rings is 2. The lowest BCUT2D eigenvalue weighted by atomic mass is 10.1. The van der Waals surface area contributed by atoms with Crippen molar-refractivity contribution in [2.24, 2.45) is 0 Å². The van der Waals surface area contributed by atoms with E-state index in [0.717, 1.165) is 18.4 Å². The van der Waals surface area contributed by atoms with Crippen molar-refractivity contribution in [1.29, 1.82) is 0 Å². The van der Waals surface area contributed by atoms with Crippen LogP contribution < -0.4 is 0 Å². The van der Waals surface area contributed by atoms with Crippen molar-refractivity contribution in [3.8, 4) is 5.75 Å². The predicted octanol–water partition coefficient (Wildman–Crippen LogP) is 2.56. The van der Waals surface area contributed by atoms with E-state index in [1.54, 1.807) is 17.9 Å². The van der Waals surface area contributed by atoms with E-state index in [1.165, 1.54) is 22.0 Å². The van der Waals surface area contributed by atoms with Crippen LogP contribution in [0.5, 0.6) is 5.75 Å². The van der Waals surface area contributed by atoms with Gasteiger partial charge in [0.1, 0.15) is 10.6 Å². The lowest BCUT2D eigenvalue weighted by molar-refractivity contribution is -0.132. The molecule has 1 N–H and O–H groups in total. The second-order valence-corrected chi connectivity index (χ2v) is 9.00. The Hall–Kier alpha value is -2.38. The molecule has 1 heterocycles. The van der Waals surface area contributed by atoms with Gasteiger partial charge in [0.2, 0.25) is 15.9 Å². The van der Waals surface area contributed by atoms with Gasteiger partial charge in [-0.3, -0.25) is 4.79 Å². The van der Waals surface area contributed by atoms with Gasteiger partial charge in [-0.05, 0) is 43.0 Å². The highest BCUT2D eigenvalue weighted by molar-refractivity contribution is 7.89. The average molecular weight is 403 g/mol. The number of aryl methyl sites for hydroxylation is 2. The van der Waals surface area contributed by atoms with Crippen LogP contribution in [0.15, 0.2) is 53.4 Å². The largest absolute Gasteiger partial charge is 0.507 e. The topological polar surface area (TPSA) is 77.9 Å². The minimum atomic E-state index is -3.77. The second-order valence-electron chi connectivity index (χ2n) is 7.10. The van der Waals surface area contributed by atoms with E-state index in [1.807, 2.05) is 18.2 Å². The molecule has 1 aliphatic heterocycles. The number of phenols is 1. The summed E-state index contributed by atoms with van der Waals surface area (Å²) < 4.78 is 27.0. The summed E-state index contributed by atoms with van der Waals surface area (Å²) in [5, 5.41) is 9.96. The monoisotopic (exact) mass is 402 g/mol. The Morgan fingerprint density at radius 2 is 1.71 bits per heavy atom. The van der Waals surface area contributed by atoms with Crippen molar-refractivity contribution in [1.82, 2.24) is 9.21 Å². The minimum Gasteiger partial charge on any atom is -0.507 e. The number of aromatic hydroxyl groups is 1. The van der Waals surface area contributed by atoms with Crippen LogP contribution in [0.4, 0.5) is 0 Å². The number of hydrogen-bond donors (Lipinski definition) is 1. The van der Waals surface area contributed by atoms with Crippen molar-refractivity contribution in [2.45, 2.75) is 31.1 Å². The number of nitrogens with zero attached hydrogens (tertiary/aromatic N) is 2. The predicted molar refractivity (Wildman–Crippen MR) is 108 cm³/mol. The third-order valence-electron chi connectivity index (χ3n) is 5.02. The molecule has 2 aromatic rings. The molecule has 1 amide bonds. The number of rotatable bonds is 6. The molecule has 28 heavy (non-hydrogen) atoms. The molecule has 1 aliphatic rings. The molecule has 0 atom stereocenters. The van der Waals surface area contributed by atoms with E-state index in [-0.39, 0.29) is 29.6 Å². The number of amides is 1. The number of sulfonamides is 1. The molecule has 7 heteroatoms. The van der Waals surface area contributed by atoms with Crippen LogP contribution >= 0.6 is 0 Å². The summed E-state index contributed by atoms with van der Waals surface area (Å²) in [6.07, 6.45) is 2.09. The Morgan fingerprint density at radius 3 is 2.39 bits per heavy atom. The minimum absolute atomic E-state index is 0.0615. The lowest BCUT2D eigenvalue weighted by Crippen LogP contribution is -2.50. The van der Waals surface area contributed by atoms with Gasteiger partial charge in [-0.2, -0.15) is 4.31 Å². The van der Waals surface area contributed by atoms with Gasteiger partial charge in [0.25, 0.3) is 0 Å². The van der Waals surface area contributed by atoms with Crippen LogP contribution in [-0.4, -0.2) is 54.8 Å². The van der Waals surface area contributed by atoms with E-state index in [0.29, 0.717) is 19.5 Å². The first-order valence-electron chi connectivity index (χ1n) is 9.49. The third-order valence-corrected chi connectivity index (χ3v) is 6.95. The molecular formula is C21H26N2O4S. The number of piperazine rings is 1. The summed E-state index contributed by atoms with van der Waals surface area (Å²) in [6, 6.07) is 14.6. The van der Waals surface area contributed by atoms with Gasteiger partial charge in [-0.1, -0.05) is 36.4 Å². The average Bonchev–Trinajstić information content (AvgIpc) is 2.70. The summed E-state index contributed by atoms with van der Waals surface area (Å²) >= 11 is 0. The zero-order valence-corrected chi connectivity index (χ0v) is 16.9. The number of hydrogen-bond acceptors (Lipinski definition) is 4. The molecular weight excluding hydrogens is 376 g/mol. The van der Waals surface area contributed by atoms with Crippen molar-refractivity contribution < 1.29 is 18.3 Å². The molecule has 0 bridgehead atoms. The van der Waals surface area contributed by atoms with Gasteiger partial charge >= 0.3 is 0 Å². The molecule has 0 aromatic heterocycles. The van der Waals surface area contributed by atoms with E-state index in [4.69, 9.17) is 0 Å². The highest BCUT2D eigenvalue weighted by atomic mass is 32.2. The fraction of sp³-hybridized carbons (Fsp3) is 0.381. The molecule has 0 saturated carbocycles. The van der Waals surface area contributed by atoms with E-state index < -0.39 is 10.0 Å². The Balaban J connectivity index is 1.53. The Kier molecular flexibility index (Phi) is 6.36. The zero-order valence-electron chi connectivity index (χ0n) is 16.0. The maximum Gasteiger partial charge on any atom is 0.246 e. The Bertz CT molecular complexity index is 921. The van der Waals surface area contributed by atoms with Crippen LogP contribution in [0.2, 0.25) is 0 Å². The summed E-state index contributed by atoms with van der Waals surface area (Å²) in [7, 11) is -3.77. The van der Waals surface area contributed by atoms with E-state index in [9.17, 15) is 18.3 Å². The number of phenolic OH excluding ortho intramolecular Hbond substituents is 1. The molecule has 1 saturated heterocycles. The van der Waals surface area contributed by atoms with Crippen molar-refractivity contribution in [3.63, 3.8) is 0 Å². The summed E-state index contributed by atoms with van der Waals surface area (Å²) in [6.45, 7) is 3.00. The molecule has 0 spiro atoms. The van der Waals surface area contributed by atoms with Crippen LogP contribution in [0.25, 0.3) is 0 Å². The summed E-state index contributed by atoms with van der Waals surface area (Å²) in [4.78, 5) is 14.1. The summed E-state index contributed by atoms with van der Waals surface area (Å²) in [5.41, 5.74) is 1.98. The standard InChI is InChI=1S/C21H26N2O4S/c1-17-10-11-19(24)20(16-17)28(26,27)23-14-12-22(13-15-23)21(25)9-5-8-18-6-3-2-4-7-18/h2-4,6-7,10-11,16,24H,5,8-9,12-15H2,1H3. The third kappa shape index (κ3) is 4.72. The quantitative estimate of drug-likeness (QED) is 0.806. The smallest absolute Gasteiger partial charge is 0.246 e. The van der Waals surface area contributed by atoms with Crippen molar-refractivity contribution >= 4 is 15.9 Å². The van der Waals surface area contributed by atoms with Crippen molar-refractivity contribution in [3.05, 3.63) is 59.7 Å². The van der Waals surface area contributed by atoms with Crippen LogP contribution in [-0.2, 0) is 21.2 Å². The first kappa shape index (κ1) is 20.4. The van der Waals surface area contributed by atoms with Crippen LogP contribution in [0.3, 0.4) is 0 Å². The van der Waals surface area contributed by atoms with Gasteiger partial charge in [0.15, 0.2) is 0 Å². The highest BCUT2D eigenvalue weighted by Gasteiger charge is 2.31. The van der Waals surface area contributed by atoms with E-state index >= 15 is 0 Å². The molecule has 150 valence electrons. The normalized spacial score (nSPS) is 15.5. The molecule has 0 aliphatic carbocycles. The van der Waals surface area contributed by atoms with Gasteiger partial charge in [-0.25, -0.2) is 8.42 Å². The highest BCUT2D eigenvalue weighted by Crippen LogP contribution is 2.27. The van der Waals surface area contributed by atoms with Gasteiger partial charge in [0, 0.05) is 32.6 Å². The molecule has 3 rings (SSSR count).